The number of carbonyl (C=O) groups is 3. The summed E-state index contributed by atoms with van der Waals surface area (Å²) in [5, 5.41) is 18.9. The summed E-state index contributed by atoms with van der Waals surface area (Å²) in [4.78, 5) is 35.2. The molecule has 33 heavy (non-hydrogen) atoms. The van der Waals surface area contributed by atoms with Crippen molar-refractivity contribution >= 4 is 35.2 Å². The Balaban J connectivity index is 1.62. The van der Waals surface area contributed by atoms with Crippen LogP contribution < -0.4 is 11.5 Å². The van der Waals surface area contributed by atoms with E-state index < -0.39 is 52.1 Å². The maximum absolute atomic E-state index is 13.1. The van der Waals surface area contributed by atoms with E-state index in [9.17, 15) is 27.9 Å². The third-order valence-corrected chi connectivity index (χ3v) is 8.86. The number of aliphatic carboxylic acids is 2. The summed E-state index contributed by atoms with van der Waals surface area (Å²) >= 11 is 0. The van der Waals surface area contributed by atoms with Crippen LogP contribution in [0.3, 0.4) is 0 Å². The van der Waals surface area contributed by atoms with Gasteiger partial charge in [0.25, 0.3) is 10.2 Å². The first-order valence-electron chi connectivity index (χ1n) is 10.9. The number of nitrogens with zero attached hydrogens (tertiary/aromatic N) is 2. The molecule has 1 aliphatic carbocycles. The molecule has 2 heterocycles. The number of hydrogen-bond acceptors (Lipinski definition) is 9. The maximum Gasteiger partial charge on any atom is 0.527 e. The van der Waals surface area contributed by atoms with E-state index in [2.05, 4.69) is 0 Å². The second-order valence-electron chi connectivity index (χ2n) is 9.23. The number of carboxylic acids is 2. The predicted molar refractivity (Wildman–Crippen MR) is 115 cm³/mol. The predicted octanol–water partition coefficient (Wildman–Crippen LogP) is -1.70. The smallest absolute Gasteiger partial charge is 0.509 e. The molecule has 5 atom stereocenters. The van der Waals surface area contributed by atoms with Crippen molar-refractivity contribution in [2.24, 2.45) is 22.8 Å². The summed E-state index contributed by atoms with van der Waals surface area (Å²) in [7, 11) is -4.90. The summed E-state index contributed by atoms with van der Waals surface area (Å²) in [5.41, 5.74) is 8.45. The number of hydrogen-bond donors (Lipinski definition) is 4. The van der Waals surface area contributed by atoms with Crippen LogP contribution in [0, 0.1) is 11.3 Å². The zero-order valence-corrected chi connectivity index (χ0v) is 19.5. The molecular weight excluding hydrogens is 459 g/mol. The molecule has 0 aromatic rings. The van der Waals surface area contributed by atoms with Crippen LogP contribution in [0.5, 0.6) is 0 Å². The lowest BCUT2D eigenvalue weighted by Gasteiger charge is -2.31. The van der Waals surface area contributed by atoms with Gasteiger partial charge in [-0.2, -0.15) is 17.0 Å². The van der Waals surface area contributed by atoms with Crippen molar-refractivity contribution in [2.45, 2.75) is 57.1 Å². The van der Waals surface area contributed by atoms with E-state index in [-0.39, 0.29) is 51.1 Å². The fourth-order valence-corrected chi connectivity index (χ4v) is 6.29. The molecule has 186 valence electrons. The zero-order valence-electron chi connectivity index (χ0n) is 18.7. The van der Waals surface area contributed by atoms with Gasteiger partial charge in [-0.15, -0.1) is 0 Å². The van der Waals surface area contributed by atoms with Crippen LogP contribution in [-0.4, -0.2) is 96.1 Å². The van der Waals surface area contributed by atoms with E-state index in [0.717, 1.165) is 4.31 Å². The van der Waals surface area contributed by atoms with Gasteiger partial charge in [0.05, 0.1) is 6.61 Å². The van der Waals surface area contributed by atoms with E-state index in [1.807, 2.05) is 0 Å². The molecule has 0 spiro atoms. The van der Waals surface area contributed by atoms with Crippen molar-refractivity contribution in [3.05, 3.63) is 0 Å². The Hall–Kier alpha value is -1.78. The van der Waals surface area contributed by atoms with E-state index in [0.29, 0.717) is 12.8 Å². The third kappa shape index (κ3) is 4.75. The van der Waals surface area contributed by atoms with Gasteiger partial charge in [-0.1, -0.05) is 13.3 Å². The monoisotopic (exact) mass is 490 g/mol. The quantitative estimate of drug-likeness (QED) is 0.201. The standard InChI is InChI=1S/C18H31BN4O9S/c1-3-23(13-7-12(13)20)33(29,30)22-8-11(18(21,9-22)15(26)27)5-4-6-19-31-10-17(2,14(24)25)16(28)32-19/h11-13H,3-10,20-21H2,1-2H3,(H,24,25)(H,26,27)/t11-,12-,13-,17?,18-/m0/s1. The molecule has 3 rings (SSSR count). The fraction of sp³-hybridized carbons (Fsp3) is 0.833. The van der Waals surface area contributed by atoms with Gasteiger partial charge in [-0.25, -0.2) is 0 Å². The van der Waals surface area contributed by atoms with Gasteiger partial charge in [0.15, 0.2) is 5.41 Å². The molecule has 0 bridgehead atoms. The number of likely N-dealkylation sites (N-methyl/N-ethyl adjacent to an activating group) is 1. The average Bonchev–Trinajstić information content (AvgIpc) is 3.32. The number of carboxylic acid groups (broad SMARTS) is 2. The Labute approximate surface area is 192 Å². The lowest BCUT2D eigenvalue weighted by atomic mass is 9.75. The topological polar surface area (TPSA) is 203 Å². The molecule has 15 heteroatoms. The molecule has 2 aliphatic heterocycles. The second-order valence-corrected chi connectivity index (χ2v) is 11.1. The van der Waals surface area contributed by atoms with Crippen LogP contribution in [-0.2, 0) is 33.9 Å². The third-order valence-electron chi connectivity index (χ3n) is 6.81. The molecule has 3 fully saturated rings. The number of rotatable bonds is 10. The average molecular weight is 490 g/mol. The van der Waals surface area contributed by atoms with Crippen LogP contribution >= 0.6 is 0 Å². The van der Waals surface area contributed by atoms with Crippen molar-refractivity contribution in [3.8, 4) is 0 Å². The van der Waals surface area contributed by atoms with Crippen molar-refractivity contribution in [1.29, 1.82) is 0 Å². The first-order valence-corrected chi connectivity index (χ1v) is 12.3. The summed E-state index contributed by atoms with van der Waals surface area (Å²) < 4.78 is 39.1. The van der Waals surface area contributed by atoms with Crippen LogP contribution in [0.15, 0.2) is 0 Å². The van der Waals surface area contributed by atoms with Crippen molar-refractivity contribution < 1.29 is 42.3 Å². The second kappa shape index (κ2) is 9.11. The van der Waals surface area contributed by atoms with E-state index in [4.69, 9.17) is 25.9 Å². The van der Waals surface area contributed by atoms with Crippen molar-refractivity contribution in [2.75, 3.05) is 26.2 Å². The molecule has 0 aromatic carbocycles. The lowest BCUT2D eigenvalue weighted by Crippen LogP contribution is -2.55. The summed E-state index contributed by atoms with van der Waals surface area (Å²) in [5.74, 6) is -4.23. The molecule has 1 unspecified atom stereocenters. The Morgan fingerprint density at radius 3 is 2.45 bits per heavy atom. The van der Waals surface area contributed by atoms with Crippen molar-refractivity contribution in [3.63, 3.8) is 0 Å². The van der Waals surface area contributed by atoms with Gasteiger partial charge in [0.2, 0.25) is 0 Å². The van der Waals surface area contributed by atoms with Crippen LogP contribution in [0.2, 0.25) is 6.32 Å². The molecule has 13 nitrogen and oxygen atoms in total. The molecule has 0 aromatic heterocycles. The van der Waals surface area contributed by atoms with Crippen LogP contribution in [0.4, 0.5) is 0 Å². The Bertz CT molecular complexity index is 921. The summed E-state index contributed by atoms with van der Waals surface area (Å²) in [6.45, 7) is 2.36. The van der Waals surface area contributed by atoms with Crippen LogP contribution in [0.1, 0.15) is 33.1 Å². The molecule has 6 N–H and O–H groups in total. The lowest BCUT2D eigenvalue weighted by molar-refractivity contribution is -0.169. The normalized spacial score (nSPS) is 35.0. The van der Waals surface area contributed by atoms with E-state index >= 15 is 0 Å². The fourth-order valence-electron chi connectivity index (χ4n) is 4.33. The minimum absolute atomic E-state index is 0.0635. The van der Waals surface area contributed by atoms with Gasteiger partial charge in [0.1, 0.15) is 5.54 Å². The Morgan fingerprint density at radius 2 is 1.97 bits per heavy atom. The minimum atomic E-state index is -3.94. The van der Waals surface area contributed by atoms with Gasteiger partial charge in [0, 0.05) is 37.6 Å². The molecule has 3 aliphatic rings. The SMILES string of the molecule is CCN([C@H]1C[C@@H]1N)S(=O)(=O)N1C[C@H](CCCB2OCC(C)(C(=O)O)C(=O)O2)[C@](N)(C(=O)O)C1. The first-order chi connectivity index (χ1) is 15.3. The highest BCUT2D eigenvalue weighted by Gasteiger charge is 2.55. The molecular formula is C18H31BN4O9S. The summed E-state index contributed by atoms with van der Waals surface area (Å²) in [6.07, 6.45) is 1.32. The molecule has 1 saturated carbocycles. The summed E-state index contributed by atoms with van der Waals surface area (Å²) in [6, 6.07) is -0.535. The maximum atomic E-state index is 13.1. The first kappa shape index (κ1) is 25.8. The number of carbonyl (C=O) groups excluding carboxylic acids is 1. The zero-order chi connectivity index (χ0) is 24.8. The highest BCUT2D eigenvalue weighted by atomic mass is 32.2. The minimum Gasteiger partial charge on any atom is -0.509 e. The van der Waals surface area contributed by atoms with Gasteiger partial charge >= 0.3 is 25.0 Å². The molecule has 0 radical (unpaired) electrons. The van der Waals surface area contributed by atoms with Crippen molar-refractivity contribution in [1.82, 2.24) is 8.61 Å². The highest BCUT2D eigenvalue weighted by Crippen LogP contribution is 2.36. The Kier molecular flexibility index (Phi) is 7.14. The van der Waals surface area contributed by atoms with Gasteiger partial charge < -0.3 is 31.0 Å². The molecule has 0 amide bonds. The number of nitrogens with two attached hydrogens (primary N) is 2. The van der Waals surface area contributed by atoms with Crippen LogP contribution in [0.25, 0.3) is 0 Å². The van der Waals surface area contributed by atoms with E-state index in [1.54, 1.807) is 6.92 Å². The molecule has 2 saturated heterocycles. The highest BCUT2D eigenvalue weighted by molar-refractivity contribution is 7.86. The van der Waals surface area contributed by atoms with Gasteiger partial charge in [-0.05, 0) is 26.1 Å². The largest absolute Gasteiger partial charge is 0.527 e. The van der Waals surface area contributed by atoms with Gasteiger partial charge in [-0.3, -0.25) is 14.4 Å². The Morgan fingerprint density at radius 1 is 1.33 bits per heavy atom. The van der Waals surface area contributed by atoms with E-state index in [1.165, 1.54) is 11.2 Å².